The number of ether oxygens (including phenoxy) is 2. The number of fused-ring (bicyclic) bond motifs is 1. The normalized spacial score (nSPS) is 12.2. The molecule has 2 aromatic carbocycles. The summed E-state index contributed by atoms with van der Waals surface area (Å²) >= 11 is 3.24. The number of rotatable bonds is 8. The fourth-order valence-electron chi connectivity index (χ4n) is 2.81. The molecule has 3 rings (SSSR count). The highest BCUT2D eigenvalue weighted by Gasteiger charge is 2.15. The summed E-state index contributed by atoms with van der Waals surface area (Å²) in [5.74, 6) is 0.947. The van der Waals surface area contributed by atoms with Crippen LogP contribution < -0.4 is 14.8 Å². The van der Waals surface area contributed by atoms with Gasteiger partial charge in [0.1, 0.15) is 30.7 Å². The van der Waals surface area contributed by atoms with Gasteiger partial charge in [-0.25, -0.2) is 14.4 Å². The molecule has 0 saturated carbocycles. The first-order valence-corrected chi connectivity index (χ1v) is 9.67. The first-order chi connectivity index (χ1) is 13.9. The van der Waals surface area contributed by atoms with Crippen LogP contribution in [-0.2, 0) is 0 Å². The molecule has 1 atom stereocenters. The SMILES string of the molecule is COc1cc2c(Nc3ccc(Br)cc3F)ncnc2cc1OCC(O)CN(C)C. The highest BCUT2D eigenvalue weighted by molar-refractivity contribution is 9.10. The van der Waals surface area contributed by atoms with Crippen LogP contribution in [0.3, 0.4) is 0 Å². The van der Waals surface area contributed by atoms with E-state index in [1.807, 2.05) is 19.0 Å². The quantitative estimate of drug-likeness (QED) is 0.527. The van der Waals surface area contributed by atoms with Crippen molar-refractivity contribution in [3.63, 3.8) is 0 Å². The van der Waals surface area contributed by atoms with E-state index < -0.39 is 11.9 Å². The lowest BCUT2D eigenvalue weighted by molar-refractivity contribution is 0.0819. The predicted molar refractivity (Wildman–Crippen MR) is 114 cm³/mol. The molecule has 0 aliphatic heterocycles. The molecule has 1 unspecified atom stereocenters. The average Bonchev–Trinajstić information content (AvgIpc) is 2.67. The predicted octanol–water partition coefficient (Wildman–Crippen LogP) is 3.58. The first-order valence-electron chi connectivity index (χ1n) is 8.87. The van der Waals surface area contributed by atoms with Crippen LogP contribution in [0, 0.1) is 5.82 Å². The summed E-state index contributed by atoms with van der Waals surface area (Å²) in [5.41, 5.74) is 0.886. The van der Waals surface area contributed by atoms with Crippen LogP contribution >= 0.6 is 15.9 Å². The van der Waals surface area contributed by atoms with Crippen LogP contribution in [0.15, 0.2) is 41.1 Å². The monoisotopic (exact) mass is 464 g/mol. The molecule has 0 aliphatic carbocycles. The number of aromatic nitrogens is 2. The van der Waals surface area contributed by atoms with Crippen molar-refractivity contribution in [2.24, 2.45) is 0 Å². The summed E-state index contributed by atoms with van der Waals surface area (Å²) in [6.07, 6.45) is 0.742. The highest BCUT2D eigenvalue weighted by Crippen LogP contribution is 2.35. The van der Waals surface area contributed by atoms with E-state index in [0.29, 0.717) is 44.9 Å². The molecule has 0 saturated heterocycles. The van der Waals surface area contributed by atoms with Gasteiger partial charge >= 0.3 is 0 Å². The first kappa shape index (κ1) is 21.2. The Bertz CT molecular complexity index is 1000. The zero-order chi connectivity index (χ0) is 21.0. The van der Waals surface area contributed by atoms with Gasteiger partial charge in [0, 0.05) is 22.5 Å². The summed E-state index contributed by atoms with van der Waals surface area (Å²) in [4.78, 5) is 10.4. The van der Waals surface area contributed by atoms with Crippen molar-refractivity contribution in [1.82, 2.24) is 14.9 Å². The van der Waals surface area contributed by atoms with E-state index in [1.165, 1.54) is 19.5 Å². The van der Waals surface area contributed by atoms with Crippen molar-refractivity contribution in [1.29, 1.82) is 0 Å². The maximum Gasteiger partial charge on any atom is 0.163 e. The molecule has 1 heterocycles. The number of likely N-dealkylation sites (N-methyl/N-ethyl adjacent to an activating group) is 1. The molecular formula is C20H22BrFN4O3. The summed E-state index contributed by atoms with van der Waals surface area (Å²) in [5, 5.41) is 13.7. The molecular weight excluding hydrogens is 443 g/mol. The molecule has 0 aliphatic rings. The van der Waals surface area contributed by atoms with Crippen molar-refractivity contribution in [2.75, 3.05) is 39.7 Å². The second-order valence-electron chi connectivity index (χ2n) is 6.72. The maximum atomic E-state index is 14.2. The Hall–Kier alpha value is -2.49. The molecule has 2 N–H and O–H groups in total. The van der Waals surface area contributed by atoms with Gasteiger partial charge in [0.25, 0.3) is 0 Å². The Labute approximate surface area is 176 Å². The average molecular weight is 465 g/mol. The Morgan fingerprint density at radius 2 is 2.00 bits per heavy atom. The fourth-order valence-corrected chi connectivity index (χ4v) is 3.15. The second-order valence-corrected chi connectivity index (χ2v) is 7.63. The number of halogens is 2. The number of nitrogens with zero attached hydrogens (tertiary/aromatic N) is 3. The van der Waals surface area contributed by atoms with Gasteiger partial charge in [0.05, 0.1) is 18.3 Å². The third-order valence-corrected chi connectivity index (χ3v) is 4.61. The van der Waals surface area contributed by atoms with E-state index in [1.54, 1.807) is 24.3 Å². The number of methoxy groups -OCH3 is 1. The molecule has 0 radical (unpaired) electrons. The summed E-state index contributed by atoms with van der Waals surface area (Å²) in [6, 6.07) is 8.16. The Morgan fingerprint density at radius 1 is 1.21 bits per heavy atom. The molecule has 7 nitrogen and oxygen atoms in total. The maximum absolute atomic E-state index is 14.2. The smallest absolute Gasteiger partial charge is 0.163 e. The number of aliphatic hydroxyl groups is 1. The number of aliphatic hydroxyl groups excluding tert-OH is 1. The van der Waals surface area contributed by atoms with Gasteiger partial charge in [-0.3, -0.25) is 0 Å². The summed E-state index contributed by atoms with van der Waals surface area (Å²) in [7, 11) is 5.27. The van der Waals surface area contributed by atoms with Gasteiger partial charge in [0.2, 0.25) is 0 Å². The molecule has 3 aromatic rings. The fraction of sp³-hybridized carbons (Fsp3) is 0.300. The number of anilines is 2. The Kier molecular flexibility index (Phi) is 6.83. The van der Waals surface area contributed by atoms with Crippen molar-refractivity contribution >= 4 is 38.3 Å². The largest absolute Gasteiger partial charge is 0.493 e. The highest BCUT2D eigenvalue weighted by atomic mass is 79.9. The number of hydrogen-bond donors (Lipinski definition) is 2. The molecule has 0 spiro atoms. The summed E-state index contributed by atoms with van der Waals surface area (Å²) < 4.78 is 26.0. The van der Waals surface area contributed by atoms with E-state index in [2.05, 4.69) is 31.2 Å². The van der Waals surface area contributed by atoms with Gasteiger partial charge < -0.3 is 24.8 Å². The summed E-state index contributed by atoms with van der Waals surface area (Å²) in [6.45, 7) is 0.589. The molecule has 0 bridgehead atoms. The number of nitrogens with one attached hydrogen (secondary N) is 1. The lowest BCUT2D eigenvalue weighted by Gasteiger charge is -2.18. The van der Waals surface area contributed by atoms with Crippen LogP contribution in [0.4, 0.5) is 15.9 Å². The lowest BCUT2D eigenvalue weighted by Crippen LogP contribution is -2.30. The van der Waals surface area contributed by atoms with Gasteiger partial charge in [-0.05, 0) is 38.4 Å². The lowest BCUT2D eigenvalue weighted by atomic mass is 10.2. The van der Waals surface area contributed by atoms with E-state index in [-0.39, 0.29) is 6.61 Å². The van der Waals surface area contributed by atoms with E-state index in [9.17, 15) is 9.50 Å². The van der Waals surface area contributed by atoms with Gasteiger partial charge in [-0.15, -0.1) is 0 Å². The van der Waals surface area contributed by atoms with Crippen LogP contribution in [0.2, 0.25) is 0 Å². The van der Waals surface area contributed by atoms with Crippen molar-refractivity contribution in [3.05, 3.63) is 46.9 Å². The van der Waals surface area contributed by atoms with Crippen LogP contribution in [-0.4, -0.2) is 60.4 Å². The van der Waals surface area contributed by atoms with Crippen molar-refractivity contribution in [2.45, 2.75) is 6.10 Å². The zero-order valence-corrected chi connectivity index (χ0v) is 17.9. The minimum atomic E-state index is -0.645. The van der Waals surface area contributed by atoms with Crippen LogP contribution in [0.5, 0.6) is 11.5 Å². The molecule has 0 fully saturated rings. The van der Waals surface area contributed by atoms with Crippen molar-refractivity contribution in [3.8, 4) is 11.5 Å². The molecule has 9 heteroatoms. The van der Waals surface area contributed by atoms with E-state index in [4.69, 9.17) is 9.47 Å². The van der Waals surface area contributed by atoms with Gasteiger partial charge in [-0.1, -0.05) is 15.9 Å². The van der Waals surface area contributed by atoms with E-state index >= 15 is 0 Å². The molecule has 29 heavy (non-hydrogen) atoms. The molecule has 154 valence electrons. The van der Waals surface area contributed by atoms with Crippen LogP contribution in [0.25, 0.3) is 10.9 Å². The number of hydrogen-bond acceptors (Lipinski definition) is 7. The minimum Gasteiger partial charge on any atom is -0.493 e. The van der Waals surface area contributed by atoms with E-state index in [0.717, 1.165) is 0 Å². The third-order valence-electron chi connectivity index (χ3n) is 4.11. The molecule has 0 amide bonds. The van der Waals surface area contributed by atoms with Crippen molar-refractivity contribution < 1.29 is 19.0 Å². The Morgan fingerprint density at radius 3 is 2.69 bits per heavy atom. The standard InChI is InChI=1S/C20H22BrFN4O3/c1-26(2)9-13(27)10-29-19-8-17-14(7-18(19)28-3)20(24-11-23-17)25-16-5-4-12(21)6-15(16)22/h4-8,11,13,27H,9-10H2,1-3H3,(H,23,24,25). The van der Waals surface area contributed by atoms with Gasteiger partial charge in [0.15, 0.2) is 11.5 Å². The third kappa shape index (κ3) is 5.31. The Balaban J connectivity index is 1.90. The second kappa shape index (κ2) is 9.34. The number of benzene rings is 2. The van der Waals surface area contributed by atoms with Crippen LogP contribution in [0.1, 0.15) is 0 Å². The molecule has 1 aromatic heterocycles. The zero-order valence-electron chi connectivity index (χ0n) is 16.3. The minimum absolute atomic E-state index is 0.111. The van der Waals surface area contributed by atoms with Gasteiger partial charge in [-0.2, -0.15) is 0 Å². The topological polar surface area (TPSA) is 79.7 Å².